The normalized spacial score (nSPS) is 23.7. The topological polar surface area (TPSA) is 121 Å². The van der Waals surface area contributed by atoms with E-state index in [1.54, 1.807) is 20.5 Å². The van der Waals surface area contributed by atoms with Gasteiger partial charge in [-0.1, -0.05) is 54.1 Å². The lowest BCUT2D eigenvalue weighted by molar-refractivity contribution is -0.146. The summed E-state index contributed by atoms with van der Waals surface area (Å²) in [4.78, 5) is 42.9. The van der Waals surface area contributed by atoms with Crippen molar-refractivity contribution < 1.29 is 24.2 Å². The maximum absolute atomic E-state index is 14.8. The van der Waals surface area contributed by atoms with Crippen LogP contribution < -0.4 is 9.80 Å². The van der Waals surface area contributed by atoms with Crippen molar-refractivity contribution >= 4 is 48.8 Å². The summed E-state index contributed by atoms with van der Waals surface area (Å²) in [6.45, 7) is 6.61. The van der Waals surface area contributed by atoms with Crippen molar-refractivity contribution in [3.8, 4) is 0 Å². The third kappa shape index (κ3) is 5.57. The Morgan fingerprint density at radius 3 is 2.56 bits per heavy atom. The first-order chi connectivity index (χ1) is 23.0. The molecule has 2 N–H and O–H groups in total. The summed E-state index contributed by atoms with van der Waals surface area (Å²) in [5.74, 6) is -0.435. The molecule has 4 heterocycles. The maximum atomic E-state index is 14.8. The zero-order valence-electron chi connectivity index (χ0n) is 27.3. The fourth-order valence-electron chi connectivity index (χ4n) is 8.06. The van der Waals surface area contributed by atoms with Crippen LogP contribution in [0.4, 0.5) is 17.1 Å². The van der Waals surface area contributed by atoms with Crippen molar-refractivity contribution in [2.45, 2.75) is 76.0 Å². The van der Waals surface area contributed by atoms with Crippen LogP contribution in [0.5, 0.6) is 0 Å². The monoisotopic (exact) mass is 685 g/mol. The number of para-hydroxylation sites is 1. The van der Waals surface area contributed by atoms with Crippen LogP contribution in [0.25, 0.3) is 0 Å². The van der Waals surface area contributed by atoms with Gasteiger partial charge < -0.3 is 19.5 Å². The second kappa shape index (κ2) is 12.5. The number of nitrogens with zero attached hydrogens (tertiary/aromatic N) is 5. The predicted octanol–water partition coefficient (Wildman–Crippen LogP) is 5.51. The molecule has 1 saturated heterocycles. The highest BCUT2D eigenvalue weighted by Gasteiger charge is 2.66. The number of benzene rings is 3. The molecule has 7 rings (SSSR count). The molecule has 1 fully saturated rings. The lowest BCUT2D eigenvalue weighted by Gasteiger charge is -2.32. The first-order valence-electron chi connectivity index (χ1n) is 16.5. The van der Waals surface area contributed by atoms with E-state index in [2.05, 4.69) is 16.4 Å². The van der Waals surface area contributed by atoms with Crippen LogP contribution in [0, 0.1) is 5.92 Å². The summed E-state index contributed by atoms with van der Waals surface area (Å²) in [6.07, 6.45) is 3.55. The molecule has 0 bridgehead atoms. The van der Waals surface area contributed by atoms with Crippen LogP contribution in [-0.4, -0.2) is 57.7 Å². The first kappa shape index (κ1) is 32.7. The molecule has 3 aromatic carbocycles. The first-order valence-corrected chi connectivity index (χ1v) is 19.9. The fourth-order valence-corrected chi connectivity index (χ4v) is 10.8. The Bertz CT molecular complexity index is 1860. The number of hydrogen-bond acceptors (Lipinski definition) is 7. The summed E-state index contributed by atoms with van der Waals surface area (Å²) in [5.41, 5.74) is 4.36. The Labute approximate surface area is 286 Å². The van der Waals surface area contributed by atoms with Gasteiger partial charge in [0, 0.05) is 59.9 Å². The molecule has 0 unspecified atom stereocenters. The number of aliphatic hydroxyl groups excluding tert-OH is 1. The average molecular weight is 686 g/mol. The van der Waals surface area contributed by atoms with Gasteiger partial charge in [0.2, 0.25) is 5.91 Å². The van der Waals surface area contributed by atoms with Crippen LogP contribution >= 0.6 is 11.6 Å². The summed E-state index contributed by atoms with van der Waals surface area (Å²) < 4.78 is 8.64. The Morgan fingerprint density at radius 2 is 1.81 bits per heavy atom. The van der Waals surface area contributed by atoms with Crippen molar-refractivity contribution in [3.63, 3.8) is 0 Å². The van der Waals surface area contributed by atoms with E-state index in [0.717, 1.165) is 40.2 Å². The van der Waals surface area contributed by atoms with Crippen LogP contribution in [0.15, 0.2) is 72.9 Å². The summed E-state index contributed by atoms with van der Waals surface area (Å²) >= 11 is 6.56. The molecule has 3 aliphatic heterocycles. The van der Waals surface area contributed by atoms with Gasteiger partial charge in [-0.3, -0.25) is 19.2 Å². The molecule has 250 valence electrons. The number of aryl methyl sites for hydroxylation is 2. The third-order valence-electron chi connectivity index (χ3n) is 10.2. The van der Waals surface area contributed by atoms with Crippen molar-refractivity contribution in [2.24, 2.45) is 5.92 Å². The molecule has 4 aromatic rings. The molecule has 48 heavy (non-hydrogen) atoms. The Hall–Kier alpha value is -3.87. The van der Waals surface area contributed by atoms with Gasteiger partial charge >= 0.3 is 0 Å². The van der Waals surface area contributed by atoms with E-state index in [9.17, 15) is 19.5 Å². The number of hydrogen-bond donors (Lipinski definition) is 2. The van der Waals surface area contributed by atoms with E-state index in [0.29, 0.717) is 43.1 Å². The Kier molecular flexibility index (Phi) is 8.53. The Morgan fingerprint density at radius 1 is 1.04 bits per heavy atom. The number of fused-ring (bicyclic) bond motifs is 3. The summed E-state index contributed by atoms with van der Waals surface area (Å²) in [5, 5.41) is 18.1. The van der Waals surface area contributed by atoms with Crippen LogP contribution in [0.1, 0.15) is 42.1 Å². The van der Waals surface area contributed by atoms with Gasteiger partial charge in [-0.05, 0) is 73.5 Å². The van der Waals surface area contributed by atoms with Crippen molar-refractivity contribution in [1.82, 2.24) is 15.0 Å². The second-order valence-corrected chi connectivity index (χ2v) is 18.1. The quantitative estimate of drug-likeness (QED) is 0.223. The molecule has 1 spiro atoms. The van der Waals surface area contributed by atoms with Crippen molar-refractivity contribution in [1.29, 1.82) is 0 Å². The van der Waals surface area contributed by atoms with E-state index >= 15 is 0 Å². The van der Waals surface area contributed by atoms with Crippen LogP contribution in [-0.2, 0) is 45.9 Å². The average Bonchev–Trinajstić information content (AvgIpc) is 3.70. The molecule has 0 aliphatic carbocycles. The van der Waals surface area contributed by atoms with E-state index in [1.165, 1.54) is 0 Å². The zero-order valence-corrected chi connectivity index (χ0v) is 29.1. The van der Waals surface area contributed by atoms with Crippen molar-refractivity contribution in [2.75, 3.05) is 16.4 Å². The van der Waals surface area contributed by atoms with Gasteiger partial charge in [0.15, 0.2) is 13.9 Å². The molecular weight excluding hydrogens is 646 g/mol. The lowest BCUT2D eigenvalue weighted by atomic mass is 9.82. The Balaban J connectivity index is 1.18. The molecule has 12 heteroatoms. The van der Waals surface area contributed by atoms with Gasteiger partial charge in [-0.2, -0.15) is 0 Å². The number of halogens is 1. The number of rotatable bonds is 9. The van der Waals surface area contributed by atoms with Gasteiger partial charge in [-0.25, -0.2) is 0 Å². The molecule has 10 nitrogen and oxygen atoms in total. The molecule has 0 saturated carbocycles. The standard InChI is InChI=1S/C36H40ClN5O5Si/c1-23-34(48(2,3)46)32(16-18-40-22-27(17-19-43)38-39-40)47-36(23)29-20-26(37)11-14-31(29)41(35(36)45)21-24-8-12-28(13-9-24)42-30-7-5-4-6-25(30)10-15-33(42)44/h4-9,11-14,20,22-23,32,34,43,46H,10,15-19,21H2,1-3H3/t23-,32+,34-,36+/m0/s1. The molecule has 1 aromatic heterocycles. The predicted molar refractivity (Wildman–Crippen MR) is 186 cm³/mol. The maximum Gasteiger partial charge on any atom is 0.264 e. The second-order valence-electron chi connectivity index (χ2n) is 13.7. The van der Waals surface area contributed by atoms with E-state index in [1.807, 2.05) is 80.8 Å². The van der Waals surface area contributed by atoms with Gasteiger partial charge in [0.1, 0.15) is 0 Å². The minimum absolute atomic E-state index is 0.00574. The van der Waals surface area contributed by atoms with E-state index in [-0.39, 0.29) is 29.9 Å². The summed E-state index contributed by atoms with van der Waals surface area (Å²) in [6, 6.07) is 21.3. The minimum Gasteiger partial charge on any atom is -0.432 e. The van der Waals surface area contributed by atoms with E-state index in [4.69, 9.17) is 16.3 Å². The fraction of sp³-hybridized carbons (Fsp3) is 0.389. The van der Waals surface area contributed by atoms with E-state index < -0.39 is 20.0 Å². The highest BCUT2D eigenvalue weighted by atomic mass is 35.5. The van der Waals surface area contributed by atoms with Gasteiger partial charge in [-0.15, -0.1) is 5.10 Å². The molecule has 2 amide bonds. The number of aromatic nitrogens is 3. The number of carbonyl (C=O) groups excluding carboxylic acids is 2. The molecule has 3 aliphatic rings. The van der Waals surface area contributed by atoms with Gasteiger partial charge in [0.25, 0.3) is 5.91 Å². The molecule has 4 atom stereocenters. The lowest BCUT2D eigenvalue weighted by Crippen LogP contribution is -2.46. The highest BCUT2D eigenvalue weighted by Crippen LogP contribution is 2.60. The molecular formula is C36H40ClN5O5Si. The number of aliphatic hydroxyl groups is 1. The smallest absolute Gasteiger partial charge is 0.264 e. The SMILES string of the molecule is C[C@H]1[C@H]([Si](C)(C)O)[C@@H](CCn2cc(CCO)nn2)O[C@]12C(=O)N(Cc1ccc(N3C(=O)CCc4ccccc43)cc1)c1ccc(Cl)cc12. The summed E-state index contributed by atoms with van der Waals surface area (Å²) in [7, 11) is -2.84. The third-order valence-corrected chi connectivity index (χ3v) is 12.9. The van der Waals surface area contributed by atoms with Crippen LogP contribution in [0.2, 0.25) is 23.7 Å². The zero-order chi connectivity index (χ0) is 33.8. The number of ether oxygens (including phenoxy) is 1. The van der Waals surface area contributed by atoms with Gasteiger partial charge in [0.05, 0.1) is 29.7 Å². The largest absolute Gasteiger partial charge is 0.432 e. The number of anilines is 3. The van der Waals surface area contributed by atoms with Crippen LogP contribution in [0.3, 0.4) is 0 Å². The number of amides is 2. The van der Waals surface area contributed by atoms with Crippen molar-refractivity contribution in [3.05, 3.63) is 100 Å². The highest BCUT2D eigenvalue weighted by molar-refractivity contribution is 6.71. The minimum atomic E-state index is -2.84. The number of carbonyl (C=O) groups is 2. The molecule has 0 radical (unpaired) electrons.